The van der Waals surface area contributed by atoms with Crippen LogP contribution in [0.15, 0.2) is 23.1 Å². The SMILES string of the molecule is CCC1CN(S(=O)(=O)c2cc(Cl)ccc2N)CCO1. The molecule has 1 saturated heterocycles. The van der Waals surface area contributed by atoms with Crippen LogP contribution in [-0.4, -0.2) is 38.5 Å². The van der Waals surface area contributed by atoms with E-state index < -0.39 is 10.0 Å². The van der Waals surface area contributed by atoms with Crippen molar-refractivity contribution in [1.82, 2.24) is 4.31 Å². The van der Waals surface area contributed by atoms with Crippen LogP contribution in [0.25, 0.3) is 0 Å². The smallest absolute Gasteiger partial charge is 0.245 e. The van der Waals surface area contributed by atoms with Crippen molar-refractivity contribution in [2.45, 2.75) is 24.3 Å². The minimum absolute atomic E-state index is 0.0658. The van der Waals surface area contributed by atoms with E-state index in [0.717, 1.165) is 6.42 Å². The van der Waals surface area contributed by atoms with Crippen molar-refractivity contribution < 1.29 is 13.2 Å². The normalized spacial score (nSPS) is 21.5. The summed E-state index contributed by atoms with van der Waals surface area (Å²) >= 11 is 5.85. The van der Waals surface area contributed by atoms with E-state index >= 15 is 0 Å². The third-order valence-corrected chi connectivity index (χ3v) is 5.31. The van der Waals surface area contributed by atoms with Crippen molar-refractivity contribution in [3.8, 4) is 0 Å². The van der Waals surface area contributed by atoms with E-state index in [0.29, 0.717) is 24.7 Å². The molecule has 2 N–H and O–H groups in total. The highest BCUT2D eigenvalue weighted by Crippen LogP contribution is 2.27. The molecule has 1 fully saturated rings. The molecule has 1 aliphatic heterocycles. The highest BCUT2D eigenvalue weighted by Gasteiger charge is 2.31. The number of nitrogen functional groups attached to an aromatic ring is 1. The standard InChI is InChI=1S/C12H17ClN2O3S/c1-2-10-8-15(5-6-18-10)19(16,17)12-7-9(13)3-4-11(12)14/h3-4,7,10H,2,5-6,8,14H2,1H3. The van der Waals surface area contributed by atoms with E-state index in [1.807, 2.05) is 6.92 Å². The lowest BCUT2D eigenvalue weighted by atomic mass is 10.2. The summed E-state index contributed by atoms with van der Waals surface area (Å²) in [5.74, 6) is 0. The molecule has 19 heavy (non-hydrogen) atoms. The number of nitrogens with zero attached hydrogens (tertiary/aromatic N) is 1. The maximum Gasteiger partial charge on any atom is 0.245 e. The average molecular weight is 305 g/mol. The van der Waals surface area contributed by atoms with Crippen molar-refractivity contribution in [3.63, 3.8) is 0 Å². The van der Waals surface area contributed by atoms with Crippen molar-refractivity contribution in [2.24, 2.45) is 0 Å². The summed E-state index contributed by atoms with van der Waals surface area (Å²) in [6.07, 6.45) is 0.709. The first-order valence-corrected chi connectivity index (χ1v) is 7.93. The molecule has 2 rings (SSSR count). The number of rotatable bonds is 3. The first-order valence-electron chi connectivity index (χ1n) is 6.12. The van der Waals surface area contributed by atoms with Gasteiger partial charge < -0.3 is 10.5 Å². The van der Waals surface area contributed by atoms with Gasteiger partial charge >= 0.3 is 0 Å². The van der Waals surface area contributed by atoms with Crippen LogP contribution in [0.2, 0.25) is 5.02 Å². The summed E-state index contributed by atoms with van der Waals surface area (Å²) in [5.41, 5.74) is 5.97. The van der Waals surface area contributed by atoms with E-state index in [2.05, 4.69) is 0 Å². The summed E-state index contributed by atoms with van der Waals surface area (Å²) in [7, 11) is -3.61. The van der Waals surface area contributed by atoms with Gasteiger partial charge in [0.2, 0.25) is 10.0 Å². The monoisotopic (exact) mass is 304 g/mol. The summed E-state index contributed by atoms with van der Waals surface area (Å²) in [6.45, 7) is 3.06. The molecule has 0 spiro atoms. The molecule has 7 heteroatoms. The predicted molar refractivity (Wildman–Crippen MR) is 74.7 cm³/mol. The maximum atomic E-state index is 12.6. The van der Waals surface area contributed by atoms with Gasteiger partial charge in [0.25, 0.3) is 0 Å². The van der Waals surface area contributed by atoms with E-state index in [1.54, 1.807) is 6.07 Å². The molecule has 1 unspecified atom stereocenters. The predicted octanol–water partition coefficient (Wildman–Crippen LogP) is 1.72. The van der Waals surface area contributed by atoms with E-state index in [9.17, 15) is 8.42 Å². The lowest BCUT2D eigenvalue weighted by Crippen LogP contribution is -2.45. The Balaban J connectivity index is 2.34. The third-order valence-electron chi connectivity index (χ3n) is 3.15. The van der Waals surface area contributed by atoms with Crippen LogP contribution in [0.5, 0.6) is 0 Å². The van der Waals surface area contributed by atoms with Crippen molar-refractivity contribution in [3.05, 3.63) is 23.2 Å². The van der Waals surface area contributed by atoms with Crippen LogP contribution in [0.3, 0.4) is 0 Å². The molecule has 0 radical (unpaired) electrons. The Labute approximate surface area is 118 Å². The molecule has 1 aromatic carbocycles. The molecule has 1 atom stereocenters. The van der Waals surface area contributed by atoms with Crippen LogP contribution < -0.4 is 5.73 Å². The van der Waals surface area contributed by atoms with Crippen LogP contribution in [0.1, 0.15) is 13.3 Å². The van der Waals surface area contributed by atoms with Crippen molar-refractivity contribution in [2.75, 3.05) is 25.4 Å². The zero-order valence-corrected chi connectivity index (χ0v) is 12.2. The topological polar surface area (TPSA) is 72.6 Å². The number of hydrogen-bond donors (Lipinski definition) is 1. The van der Waals surface area contributed by atoms with E-state index in [-0.39, 0.29) is 16.7 Å². The molecule has 1 heterocycles. The summed E-state index contributed by atoms with van der Waals surface area (Å²) in [6, 6.07) is 4.47. The number of halogens is 1. The Bertz CT molecular complexity index is 562. The van der Waals surface area contributed by atoms with Gasteiger partial charge in [0.15, 0.2) is 0 Å². The number of nitrogens with two attached hydrogens (primary N) is 1. The molecule has 1 aromatic rings. The summed E-state index contributed by atoms with van der Waals surface area (Å²) < 4.78 is 32.0. The highest BCUT2D eigenvalue weighted by atomic mass is 35.5. The fourth-order valence-corrected chi connectivity index (χ4v) is 3.86. The lowest BCUT2D eigenvalue weighted by molar-refractivity contribution is -0.00276. The maximum absolute atomic E-state index is 12.6. The van der Waals surface area contributed by atoms with Gasteiger partial charge in [-0.2, -0.15) is 4.31 Å². The molecule has 0 saturated carbocycles. The number of sulfonamides is 1. The Hall–Kier alpha value is -0.820. The van der Waals surface area contributed by atoms with Gasteiger partial charge in [0.05, 0.1) is 18.4 Å². The first-order chi connectivity index (χ1) is 8.95. The van der Waals surface area contributed by atoms with Crippen molar-refractivity contribution in [1.29, 1.82) is 0 Å². The molecule has 106 valence electrons. The fraction of sp³-hybridized carbons (Fsp3) is 0.500. The number of morpholine rings is 1. The second kappa shape index (κ2) is 5.66. The highest BCUT2D eigenvalue weighted by molar-refractivity contribution is 7.89. The van der Waals surface area contributed by atoms with Crippen LogP contribution in [0.4, 0.5) is 5.69 Å². The molecule has 1 aliphatic rings. The zero-order chi connectivity index (χ0) is 14.0. The molecule has 5 nitrogen and oxygen atoms in total. The molecule has 0 aromatic heterocycles. The van der Waals surface area contributed by atoms with Gasteiger partial charge in [-0.3, -0.25) is 0 Å². The van der Waals surface area contributed by atoms with Gasteiger partial charge in [-0.05, 0) is 24.6 Å². The van der Waals surface area contributed by atoms with Gasteiger partial charge in [0.1, 0.15) is 4.90 Å². The second-order valence-corrected chi connectivity index (χ2v) is 6.79. The Morgan fingerprint density at radius 3 is 2.95 bits per heavy atom. The molecule has 0 amide bonds. The number of benzene rings is 1. The molecular weight excluding hydrogens is 288 g/mol. The van der Waals surface area contributed by atoms with Gasteiger partial charge in [-0.25, -0.2) is 8.42 Å². The minimum Gasteiger partial charge on any atom is -0.398 e. The van der Waals surface area contributed by atoms with E-state index in [1.165, 1.54) is 16.4 Å². The van der Waals surface area contributed by atoms with E-state index in [4.69, 9.17) is 22.1 Å². The first kappa shape index (κ1) is 14.6. The third kappa shape index (κ3) is 3.02. The van der Waals surface area contributed by atoms with Crippen LogP contribution in [-0.2, 0) is 14.8 Å². The minimum atomic E-state index is -3.61. The van der Waals surface area contributed by atoms with Gasteiger partial charge in [-0.15, -0.1) is 0 Å². The summed E-state index contributed by atoms with van der Waals surface area (Å²) in [4.78, 5) is 0.0664. The lowest BCUT2D eigenvalue weighted by Gasteiger charge is -2.31. The largest absolute Gasteiger partial charge is 0.398 e. The Morgan fingerprint density at radius 2 is 2.26 bits per heavy atom. The van der Waals surface area contributed by atoms with Crippen LogP contribution >= 0.6 is 11.6 Å². The van der Waals surface area contributed by atoms with Gasteiger partial charge in [-0.1, -0.05) is 18.5 Å². The molecular formula is C12H17ClN2O3S. The Kier molecular flexibility index (Phi) is 4.35. The fourth-order valence-electron chi connectivity index (χ4n) is 2.03. The quantitative estimate of drug-likeness (QED) is 0.863. The number of ether oxygens (including phenoxy) is 1. The zero-order valence-electron chi connectivity index (χ0n) is 10.7. The number of hydrogen-bond acceptors (Lipinski definition) is 4. The number of anilines is 1. The van der Waals surface area contributed by atoms with Crippen LogP contribution in [0, 0.1) is 0 Å². The second-order valence-electron chi connectivity index (χ2n) is 4.45. The van der Waals surface area contributed by atoms with Crippen molar-refractivity contribution >= 4 is 27.3 Å². The molecule has 0 aliphatic carbocycles. The average Bonchev–Trinajstić information content (AvgIpc) is 2.41. The Morgan fingerprint density at radius 1 is 1.53 bits per heavy atom. The summed E-state index contributed by atoms with van der Waals surface area (Å²) in [5, 5.41) is 0.355. The van der Waals surface area contributed by atoms with Gasteiger partial charge in [0, 0.05) is 18.1 Å². The molecule has 0 bridgehead atoms.